The van der Waals surface area contributed by atoms with Crippen molar-refractivity contribution in [2.45, 2.75) is 6.42 Å². The molecule has 0 N–H and O–H groups in total. The first kappa shape index (κ1) is 12.6. The van der Waals surface area contributed by atoms with E-state index < -0.39 is 11.9 Å². The number of halogens is 1. The van der Waals surface area contributed by atoms with Crippen LogP contribution in [0.3, 0.4) is 0 Å². The number of hydrogen-bond acceptors (Lipinski definition) is 4. The third-order valence-electron chi connectivity index (χ3n) is 2.70. The molecule has 1 aromatic carbocycles. The molecule has 0 aromatic heterocycles. The van der Waals surface area contributed by atoms with Gasteiger partial charge in [-0.15, -0.1) is 11.6 Å². The second-order valence-corrected chi connectivity index (χ2v) is 4.04. The van der Waals surface area contributed by atoms with E-state index in [1.54, 1.807) is 12.1 Å². The van der Waals surface area contributed by atoms with Crippen molar-refractivity contribution in [1.82, 2.24) is 0 Å². The van der Waals surface area contributed by atoms with Gasteiger partial charge in [-0.25, -0.2) is 9.69 Å². The number of nitrogens with zero attached hydrogens (tertiary/aromatic N) is 1. The number of fused-ring (bicyclic) bond motifs is 1. The standard InChI is InChI=1S/C12H10ClNO4/c1-18-12(17)7-2-3-9-8(4-7)5-10(15)14(9)11(16)6-13/h2-4H,5-6H2,1H3. The number of amides is 2. The zero-order valence-electron chi connectivity index (χ0n) is 9.60. The predicted molar refractivity (Wildman–Crippen MR) is 64.7 cm³/mol. The van der Waals surface area contributed by atoms with Crippen molar-refractivity contribution < 1.29 is 19.1 Å². The molecule has 0 aliphatic carbocycles. The van der Waals surface area contributed by atoms with E-state index >= 15 is 0 Å². The Kier molecular flexibility index (Phi) is 3.34. The number of carbonyl (C=O) groups excluding carboxylic acids is 3. The number of carbonyl (C=O) groups is 3. The van der Waals surface area contributed by atoms with E-state index in [1.807, 2.05) is 0 Å². The number of rotatable bonds is 2. The minimum Gasteiger partial charge on any atom is -0.465 e. The fourth-order valence-corrected chi connectivity index (χ4v) is 2.02. The normalized spacial score (nSPS) is 13.4. The zero-order valence-corrected chi connectivity index (χ0v) is 10.4. The average molecular weight is 268 g/mol. The molecule has 5 nitrogen and oxygen atoms in total. The van der Waals surface area contributed by atoms with Crippen LogP contribution in [0.4, 0.5) is 5.69 Å². The van der Waals surface area contributed by atoms with Crippen molar-refractivity contribution in [3.63, 3.8) is 0 Å². The fourth-order valence-electron chi connectivity index (χ4n) is 1.90. The highest BCUT2D eigenvalue weighted by Crippen LogP contribution is 2.30. The Hall–Kier alpha value is -1.88. The van der Waals surface area contributed by atoms with Gasteiger partial charge in [-0.3, -0.25) is 9.59 Å². The molecule has 94 valence electrons. The quantitative estimate of drug-likeness (QED) is 0.595. The molecule has 2 amide bonds. The Morgan fingerprint density at radius 2 is 2.17 bits per heavy atom. The van der Waals surface area contributed by atoms with Crippen LogP contribution in [0.5, 0.6) is 0 Å². The minimum atomic E-state index is -0.479. The second kappa shape index (κ2) is 4.78. The molecular formula is C12H10ClNO4. The first-order chi connectivity index (χ1) is 8.58. The molecule has 1 aliphatic rings. The third-order valence-corrected chi connectivity index (χ3v) is 2.92. The minimum absolute atomic E-state index is 0.0861. The van der Waals surface area contributed by atoms with Crippen molar-refractivity contribution in [2.24, 2.45) is 0 Å². The van der Waals surface area contributed by atoms with E-state index in [-0.39, 0.29) is 18.2 Å². The van der Waals surface area contributed by atoms with Gasteiger partial charge < -0.3 is 4.74 Å². The average Bonchev–Trinajstić information content (AvgIpc) is 2.71. The van der Waals surface area contributed by atoms with Crippen LogP contribution < -0.4 is 4.90 Å². The highest BCUT2D eigenvalue weighted by atomic mass is 35.5. The van der Waals surface area contributed by atoms with Crippen LogP contribution in [0, 0.1) is 0 Å². The van der Waals surface area contributed by atoms with E-state index in [9.17, 15) is 14.4 Å². The van der Waals surface area contributed by atoms with Crippen molar-refractivity contribution >= 4 is 35.1 Å². The molecule has 1 aromatic rings. The molecule has 0 radical (unpaired) electrons. The van der Waals surface area contributed by atoms with E-state index in [4.69, 9.17) is 11.6 Å². The van der Waals surface area contributed by atoms with E-state index in [1.165, 1.54) is 13.2 Å². The maximum absolute atomic E-state index is 11.7. The van der Waals surface area contributed by atoms with Gasteiger partial charge in [-0.2, -0.15) is 0 Å². The number of alkyl halides is 1. The molecular weight excluding hydrogens is 258 g/mol. The summed E-state index contributed by atoms with van der Waals surface area (Å²) in [5.41, 5.74) is 1.46. The summed E-state index contributed by atoms with van der Waals surface area (Å²) in [4.78, 5) is 35.7. The van der Waals surface area contributed by atoms with Crippen molar-refractivity contribution in [3.05, 3.63) is 29.3 Å². The lowest BCUT2D eigenvalue weighted by molar-refractivity contribution is -0.124. The molecule has 0 spiro atoms. The van der Waals surface area contributed by atoms with Gasteiger partial charge >= 0.3 is 5.97 Å². The molecule has 1 heterocycles. The van der Waals surface area contributed by atoms with Gasteiger partial charge in [-0.1, -0.05) is 0 Å². The summed E-state index contributed by atoms with van der Waals surface area (Å²) >= 11 is 5.45. The molecule has 18 heavy (non-hydrogen) atoms. The number of esters is 1. The Bertz CT molecular complexity index is 541. The lowest BCUT2D eigenvalue weighted by atomic mass is 10.1. The lowest BCUT2D eigenvalue weighted by Crippen LogP contribution is -2.34. The van der Waals surface area contributed by atoms with Gasteiger partial charge in [0.2, 0.25) is 11.8 Å². The van der Waals surface area contributed by atoms with E-state index in [2.05, 4.69) is 4.74 Å². The van der Waals surface area contributed by atoms with Crippen LogP contribution in [0.25, 0.3) is 0 Å². The van der Waals surface area contributed by atoms with E-state index in [0.717, 1.165) is 4.90 Å². The van der Waals surface area contributed by atoms with Crippen molar-refractivity contribution in [1.29, 1.82) is 0 Å². The van der Waals surface area contributed by atoms with Gasteiger partial charge in [0.15, 0.2) is 0 Å². The largest absolute Gasteiger partial charge is 0.465 e. The third kappa shape index (κ3) is 1.97. The van der Waals surface area contributed by atoms with Gasteiger partial charge in [0.1, 0.15) is 5.88 Å². The number of imide groups is 1. The fraction of sp³-hybridized carbons (Fsp3) is 0.250. The zero-order chi connectivity index (χ0) is 13.3. The molecule has 1 aliphatic heterocycles. The van der Waals surface area contributed by atoms with Gasteiger partial charge in [0.05, 0.1) is 24.8 Å². The highest BCUT2D eigenvalue weighted by molar-refractivity contribution is 6.33. The second-order valence-electron chi connectivity index (χ2n) is 3.77. The Labute approximate surface area is 108 Å². The first-order valence-corrected chi connectivity index (χ1v) is 5.75. The first-order valence-electron chi connectivity index (χ1n) is 5.21. The molecule has 0 saturated heterocycles. The van der Waals surface area contributed by atoms with Crippen LogP contribution in [-0.2, 0) is 20.7 Å². The van der Waals surface area contributed by atoms with Crippen molar-refractivity contribution in [3.8, 4) is 0 Å². The molecule has 0 atom stereocenters. The highest BCUT2D eigenvalue weighted by Gasteiger charge is 2.32. The Balaban J connectivity index is 2.41. The summed E-state index contributed by atoms with van der Waals surface area (Å²) in [7, 11) is 1.28. The van der Waals surface area contributed by atoms with Gasteiger partial charge in [0.25, 0.3) is 0 Å². The van der Waals surface area contributed by atoms with Gasteiger partial charge in [-0.05, 0) is 23.8 Å². The van der Waals surface area contributed by atoms with Crippen molar-refractivity contribution in [2.75, 3.05) is 17.9 Å². The summed E-state index contributed by atoms with van der Waals surface area (Å²) in [6.07, 6.45) is 0.0861. The number of anilines is 1. The summed E-state index contributed by atoms with van der Waals surface area (Å²) < 4.78 is 4.59. The van der Waals surface area contributed by atoms with E-state index in [0.29, 0.717) is 16.8 Å². The molecule has 0 bridgehead atoms. The predicted octanol–water partition coefficient (Wildman–Crippen LogP) is 1.13. The summed E-state index contributed by atoms with van der Waals surface area (Å²) in [6.45, 7) is 0. The van der Waals surface area contributed by atoms with Crippen LogP contribution in [0.2, 0.25) is 0 Å². The maximum atomic E-state index is 11.7. The summed E-state index contributed by atoms with van der Waals surface area (Å²) in [5.74, 6) is -1.54. The topological polar surface area (TPSA) is 63.7 Å². The van der Waals surface area contributed by atoms with Crippen LogP contribution in [0.15, 0.2) is 18.2 Å². The SMILES string of the molecule is COC(=O)c1ccc2c(c1)CC(=O)N2C(=O)CCl. The monoisotopic (exact) mass is 267 g/mol. The molecule has 2 rings (SSSR count). The smallest absolute Gasteiger partial charge is 0.337 e. The number of benzene rings is 1. The van der Waals surface area contributed by atoms with Crippen LogP contribution >= 0.6 is 11.6 Å². The number of methoxy groups -OCH3 is 1. The Morgan fingerprint density at radius 1 is 1.44 bits per heavy atom. The molecule has 0 fully saturated rings. The van der Waals surface area contributed by atoms with Crippen LogP contribution in [-0.4, -0.2) is 30.8 Å². The summed E-state index contributed by atoms with van der Waals surface area (Å²) in [5, 5.41) is 0. The Morgan fingerprint density at radius 3 is 2.78 bits per heavy atom. The summed E-state index contributed by atoms with van der Waals surface area (Å²) in [6, 6.07) is 4.62. The maximum Gasteiger partial charge on any atom is 0.337 e. The number of ether oxygens (including phenoxy) is 1. The lowest BCUT2D eigenvalue weighted by Gasteiger charge is -2.13. The molecule has 0 unspecified atom stereocenters. The molecule has 0 saturated carbocycles. The molecule has 6 heteroatoms. The number of hydrogen-bond donors (Lipinski definition) is 0. The van der Waals surface area contributed by atoms with Crippen LogP contribution in [0.1, 0.15) is 15.9 Å². The van der Waals surface area contributed by atoms with Gasteiger partial charge in [0, 0.05) is 0 Å².